The maximum Gasteiger partial charge on any atom is 0.152 e. The number of hydrogen-bond donors (Lipinski definition) is 1. The Morgan fingerprint density at radius 2 is 2.10 bits per heavy atom. The third-order valence-corrected chi connectivity index (χ3v) is 6.22. The molecule has 0 radical (unpaired) electrons. The van der Waals surface area contributed by atoms with E-state index < -0.39 is 9.84 Å². The van der Waals surface area contributed by atoms with Gasteiger partial charge in [0.25, 0.3) is 0 Å². The second kappa shape index (κ2) is 5.96. The Morgan fingerprint density at radius 1 is 1.33 bits per heavy atom. The fourth-order valence-corrected chi connectivity index (χ4v) is 4.86. The first kappa shape index (κ1) is 14.8. The SMILES string of the molecule is Cc1c(NC2CCCS(=O)(=O)C2)cnn1C1CCOCC1. The lowest BCUT2D eigenvalue weighted by Crippen LogP contribution is -2.34. The van der Waals surface area contributed by atoms with Gasteiger partial charge in [0.15, 0.2) is 9.84 Å². The highest BCUT2D eigenvalue weighted by Gasteiger charge is 2.26. The van der Waals surface area contributed by atoms with Gasteiger partial charge in [0.2, 0.25) is 0 Å². The average molecular weight is 313 g/mol. The molecule has 0 amide bonds. The first-order valence-electron chi connectivity index (χ1n) is 7.64. The summed E-state index contributed by atoms with van der Waals surface area (Å²) in [6.45, 7) is 3.61. The van der Waals surface area contributed by atoms with Crippen LogP contribution in [0.1, 0.15) is 37.4 Å². The molecule has 1 aromatic rings. The van der Waals surface area contributed by atoms with Gasteiger partial charge >= 0.3 is 0 Å². The summed E-state index contributed by atoms with van der Waals surface area (Å²) in [5, 5.41) is 7.86. The fraction of sp³-hybridized carbons (Fsp3) is 0.786. The van der Waals surface area contributed by atoms with E-state index >= 15 is 0 Å². The highest BCUT2D eigenvalue weighted by molar-refractivity contribution is 7.91. The topological polar surface area (TPSA) is 73.2 Å². The van der Waals surface area contributed by atoms with Crippen molar-refractivity contribution in [2.75, 3.05) is 30.0 Å². The van der Waals surface area contributed by atoms with Gasteiger partial charge in [0, 0.05) is 19.3 Å². The van der Waals surface area contributed by atoms with Gasteiger partial charge in [-0.25, -0.2) is 8.42 Å². The molecule has 0 bridgehead atoms. The van der Waals surface area contributed by atoms with Crippen LogP contribution in [0.5, 0.6) is 0 Å². The molecular formula is C14H23N3O3S. The van der Waals surface area contributed by atoms with Crippen LogP contribution in [0.25, 0.3) is 0 Å². The van der Waals surface area contributed by atoms with Crippen LogP contribution in [0.15, 0.2) is 6.20 Å². The Bertz CT molecular complexity index is 591. The van der Waals surface area contributed by atoms with Crippen LogP contribution in [0.2, 0.25) is 0 Å². The van der Waals surface area contributed by atoms with Gasteiger partial charge in [-0.05, 0) is 32.6 Å². The lowest BCUT2D eigenvalue weighted by molar-refractivity contribution is 0.0657. The number of sulfone groups is 1. The zero-order valence-corrected chi connectivity index (χ0v) is 13.2. The minimum atomic E-state index is -2.88. The molecule has 21 heavy (non-hydrogen) atoms. The minimum Gasteiger partial charge on any atom is -0.381 e. The van der Waals surface area contributed by atoms with Gasteiger partial charge in [-0.15, -0.1) is 0 Å². The van der Waals surface area contributed by atoms with Crippen LogP contribution in [-0.4, -0.2) is 49.0 Å². The number of nitrogens with zero attached hydrogens (tertiary/aromatic N) is 2. The van der Waals surface area contributed by atoms with Crippen molar-refractivity contribution in [1.82, 2.24) is 9.78 Å². The molecule has 1 atom stereocenters. The molecule has 3 rings (SSSR count). The molecule has 7 heteroatoms. The van der Waals surface area contributed by atoms with Gasteiger partial charge in [0.1, 0.15) is 0 Å². The van der Waals surface area contributed by atoms with Gasteiger partial charge < -0.3 is 10.1 Å². The third-order valence-electron chi connectivity index (χ3n) is 4.40. The van der Waals surface area contributed by atoms with E-state index in [1.54, 1.807) is 0 Å². The van der Waals surface area contributed by atoms with Crippen LogP contribution in [0.3, 0.4) is 0 Å². The molecule has 2 saturated heterocycles. The summed E-state index contributed by atoms with van der Waals surface area (Å²) >= 11 is 0. The van der Waals surface area contributed by atoms with Crippen LogP contribution in [0, 0.1) is 6.92 Å². The van der Waals surface area contributed by atoms with Crippen molar-refractivity contribution in [2.24, 2.45) is 0 Å². The van der Waals surface area contributed by atoms with E-state index in [-0.39, 0.29) is 11.8 Å². The second-order valence-electron chi connectivity index (χ2n) is 6.03. The summed E-state index contributed by atoms with van der Waals surface area (Å²) in [5.41, 5.74) is 2.05. The molecule has 0 aromatic carbocycles. The normalized spacial score (nSPS) is 26.6. The summed E-state index contributed by atoms with van der Waals surface area (Å²) in [6.07, 6.45) is 5.44. The van der Waals surface area contributed by atoms with Crippen LogP contribution in [-0.2, 0) is 14.6 Å². The summed E-state index contributed by atoms with van der Waals surface area (Å²) in [7, 11) is -2.88. The van der Waals surface area contributed by atoms with Gasteiger partial charge in [-0.3, -0.25) is 4.68 Å². The zero-order valence-electron chi connectivity index (χ0n) is 12.4. The van der Waals surface area contributed by atoms with Crippen LogP contribution in [0.4, 0.5) is 5.69 Å². The van der Waals surface area contributed by atoms with Crippen molar-refractivity contribution in [1.29, 1.82) is 0 Å². The van der Waals surface area contributed by atoms with E-state index in [9.17, 15) is 8.42 Å². The van der Waals surface area contributed by atoms with E-state index in [1.165, 1.54) is 0 Å². The number of rotatable bonds is 3. The Labute approximate surface area is 125 Å². The average Bonchev–Trinajstić information content (AvgIpc) is 2.80. The van der Waals surface area contributed by atoms with Crippen molar-refractivity contribution in [3.8, 4) is 0 Å². The van der Waals surface area contributed by atoms with Crippen molar-refractivity contribution in [3.05, 3.63) is 11.9 Å². The number of anilines is 1. The number of hydrogen-bond acceptors (Lipinski definition) is 5. The number of aromatic nitrogens is 2. The quantitative estimate of drug-likeness (QED) is 0.916. The first-order valence-corrected chi connectivity index (χ1v) is 9.46. The minimum absolute atomic E-state index is 0.00906. The van der Waals surface area contributed by atoms with Crippen molar-refractivity contribution in [3.63, 3.8) is 0 Å². The van der Waals surface area contributed by atoms with Gasteiger partial charge in [-0.1, -0.05) is 0 Å². The summed E-state index contributed by atoms with van der Waals surface area (Å²) in [5.74, 6) is 0.556. The standard InChI is InChI=1S/C14H23N3O3S/c1-11-14(16-12-3-2-8-21(18,19)10-12)9-15-17(11)13-4-6-20-7-5-13/h9,12-13,16H,2-8,10H2,1H3. The van der Waals surface area contributed by atoms with E-state index in [1.807, 2.05) is 13.1 Å². The lowest BCUT2D eigenvalue weighted by Gasteiger charge is -2.25. The molecule has 6 nitrogen and oxygen atoms in total. The maximum atomic E-state index is 11.7. The number of nitrogens with one attached hydrogen (secondary N) is 1. The van der Waals surface area contributed by atoms with Crippen molar-refractivity contribution in [2.45, 2.75) is 44.7 Å². The van der Waals surface area contributed by atoms with E-state index in [4.69, 9.17) is 4.74 Å². The molecule has 1 aromatic heterocycles. The molecule has 2 aliphatic heterocycles. The monoisotopic (exact) mass is 313 g/mol. The van der Waals surface area contributed by atoms with Crippen LogP contribution >= 0.6 is 0 Å². The highest BCUT2D eigenvalue weighted by Crippen LogP contribution is 2.26. The Balaban J connectivity index is 1.70. The smallest absolute Gasteiger partial charge is 0.152 e. The highest BCUT2D eigenvalue weighted by atomic mass is 32.2. The van der Waals surface area contributed by atoms with Crippen molar-refractivity contribution < 1.29 is 13.2 Å². The van der Waals surface area contributed by atoms with E-state index in [2.05, 4.69) is 15.1 Å². The molecule has 0 saturated carbocycles. The Kier molecular flexibility index (Phi) is 4.21. The maximum absolute atomic E-state index is 11.7. The largest absolute Gasteiger partial charge is 0.381 e. The lowest BCUT2D eigenvalue weighted by atomic mass is 10.1. The van der Waals surface area contributed by atoms with Crippen molar-refractivity contribution >= 4 is 15.5 Å². The van der Waals surface area contributed by atoms with E-state index in [0.717, 1.165) is 50.3 Å². The van der Waals surface area contributed by atoms with Gasteiger partial charge in [0.05, 0.1) is 35.1 Å². The molecular weight excluding hydrogens is 290 g/mol. The molecule has 2 fully saturated rings. The molecule has 2 aliphatic rings. The third kappa shape index (κ3) is 3.40. The predicted octanol–water partition coefficient (Wildman–Crippen LogP) is 1.53. The summed E-state index contributed by atoms with van der Waals surface area (Å²) in [6, 6.07) is 0.402. The summed E-state index contributed by atoms with van der Waals surface area (Å²) < 4.78 is 30.9. The molecule has 3 heterocycles. The molecule has 1 unspecified atom stereocenters. The fourth-order valence-electron chi connectivity index (χ4n) is 3.22. The molecule has 118 valence electrons. The predicted molar refractivity (Wildman–Crippen MR) is 81.4 cm³/mol. The Hall–Kier alpha value is -1.08. The van der Waals surface area contributed by atoms with E-state index in [0.29, 0.717) is 11.8 Å². The van der Waals surface area contributed by atoms with Gasteiger partial charge in [-0.2, -0.15) is 5.10 Å². The Morgan fingerprint density at radius 3 is 2.81 bits per heavy atom. The number of ether oxygens (including phenoxy) is 1. The molecule has 1 N–H and O–H groups in total. The zero-order chi connectivity index (χ0) is 14.9. The molecule has 0 aliphatic carbocycles. The van der Waals surface area contributed by atoms with Crippen LogP contribution < -0.4 is 5.32 Å². The second-order valence-corrected chi connectivity index (χ2v) is 8.26. The summed E-state index contributed by atoms with van der Waals surface area (Å²) in [4.78, 5) is 0. The first-order chi connectivity index (χ1) is 10.1. The molecule has 0 spiro atoms.